The quantitative estimate of drug-likeness (QED) is 0.799. The lowest BCUT2D eigenvalue weighted by molar-refractivity contribution is -0.118. The lowest BCUT2D eigenvalue weighted by atomic mass is 10.1. The second-order valence-corrected chi connectivity index (χ2v) is 5.86. The number of carbonyl (C=O) groups is 2. The van der Waals surface area contributed by atoms with Crippen molar-refractivity contribution in [1.29, 1.82) is 0 Å². The van der Waals surface area contributed by atoms with E-state index in [2.05, 4.69) is 0 Å². The van der Waals surface area contributed by atoms with Crippen molar-refractivity contribution in [3.8, 4) is 0 Å². The lowest BCUT2D eigenvalue weighted by Gasteiger charge is -2.15. The van der Waals surface area contributed by atoms with E-state index in [1.165, 1.54) is 11.8 Å². The molecular formula is C17H17NO2S. The van der Waals surface area contributed by atoms with E-state index in [0.29, 0.717) is 11.3 Å². The van der Waals surface area contributed by atoms with Gasteiger partial charge in [-0.05, 0) is 5.56 Å². The van der Waals surface area contributed by atoms with Crippen molar-refractivity contribution in [3.05, 3.63) is 71.8 Å². The zero-order chi connectivity index (χ0) is 15.1. The van der Waals surface area contributed by atoms with Crippen LogP contribution in [-0.2, 0) is 4.79 Å². The van der Waals surface area contributed by atoms with Gasteiger partial charge in [-0.3, -0.25) is 9.59 Å². The summed E-state index contributed by atoms with van der Waals surface area (Å²) < 4.78 is 0. The molecule has 1 atom stereocenters. The molecule has 3 nitrogen and oxygen atoms in total. The largest absolute Gasteiger partial charge is 0.370 e. The number of primary amides is 1. The molecule has 0 spiro atoms. The number of nitrogens with two attached hydrogens (primary N) is 1. The monoisotopic (exact) mass is 299 g/mol. The van der Waals surface area contributed by atoms with E-state index < -0.39 is 0 Å². The number of benzene rings is 2. The Morgan fingerprint density at radius 3 is 2.10 bits per heavy atom. The SMILES string of the molecule is NC(=O)CC(SCC(=O)c1ccccc1)c1ccccc1. The minimum atomic E-state index is -0.358. The standard InChI is InChI=1S/C17H17NO2S/c18-17(20)11-16(14-9-5-2-6-10-14)21-12-15(19)13-7-3-1-4-8-13/h1-10,16H,11-12H2,(H2,18,20). The van der Waals surface area contributed by atoms with Crippen LogP contribution in [0.2, 0.25) is 0 Å². The first-order valence-electron chi connectivity index (χ1n) is 6.70. The molecule has 0 saturated heterocycles. The summed E-state index contributed by atoms with van der Waals surface area (Å²) in [4.78, 5) is 23.4. The molecule has 2 N–H and O–H groups in total. The van der Waals surface area contributed by atoms with Gasteiger partial charge < -0.3 is 5.73 Å². The molecule has 0 aliphatic rings. The minimum absolute atomic E-state index is 0.0611. The molecule has 0 aliphatic carbocycles. The molecule has 2 aromatic rings. The van der Waals surface area contributed by atoms with Crippen molar-refractivity contribution in [2.45, 2.75) is 11.7 Å². The van der Waals surface area contributed by atoms with Gasteiger partial charge in [0.1, 0.15) is 0 Å². The van der Waals surface area contributed by atoms with E-state index in [4.69, 9.17) is 5.73 Å². The second-order valence-electron chi connectivity index (χ2n) is 4.67. The van der Waals surface area contributed by atoms with Gasteiger partial charge in [0.2, 0.25) is 5.91 Å². The normalized spacial score (nSPS) is 11.8. The Hall–Kier alpha value is -2.07. The van der Waals surface area contributed by atoms with Crippen LogP contribution in [0, 0.1) is 0 Å². The molecule has 4 heteroatoms. The van der Waals surface area contributed by atoms with Crippen molar-refractivity contribution in [3.63, 3.8) is 0 Å². The molecule has 0 aliphatic heterocycles. The number of carbonyl (C=O) groups excluding carboxylic acids is 2. The fraction of sp³-hybridized carbons (Fsp3) is 0.176. The summed E-state index contributed by atoms with van der Waals surface area (Å²) in [6.45, 7) is 0. The zero-order valence-electron chi connectivity index (χ0n) is 11.6. The summed E-state index contributed by atoms with van der Waals surface area (Å²) in [7, 11) is 0. The van der Waals surface area contributed by atoms with Crippen LogP contribution >= 0.6 is 11.8 Å². The maximum Gasteiger partial charge on any atom is 0.218 e. The van der Waals surface area contributed by atoms with Crippen molar-refractivity contribution < 1.29 is 9.59 Å². The van der Waals surface area contributed by atoms with Gasteiger partial charge in [-0.25, -0.2) is 0 Å². The predicted molar refractivity (Wildman–Crippen MR) is 86.2 cm³/mol. The summed E-state index contributed by atoms with van der Waals surface area (Å²) >= 11 is 1.46. The number of ketones is 1. The molecule has 1 amide bonds. The number of Topliss-reactive ketones (excluding diaryl/α,β-unsaturated/α-hetero) is 1. The number of rotatable bonds is 7. The topological polar surface area (TPSA) is 60.2 Å². The van der Waals surface area contributed by atoms with Crippen LogP contribution in [0.1, 0.15) is 27.6 Å². The Balaban J connectivity index is 2.03. The van der Waals surface area contributed by atoms with Crippen molar-refractivity contribution in [2.24, 2.45) is 5.73 Å². The van der Waals surface area contributed by atoms with Gasteiger partial charge >= 0.3 is 0 Å². The summed E-state index contributed by atoms with van der Waals surface area (Å²) in [6.07, 6.45) is 0.233. The Kier molecular flexibility index (Phi) is 5.58. The van der Waals surface area contributed by atoms with E-state index in [1.807, 2.05) is 48.5 Å². The lowest BCUT2D eigenvalue weighted by Crippen LogP contribution is -2.15. The van der Waals surface area contributed by atoms with Crippen LogP contribution in [0.15, 0.2) is 60.7 Å². The Bertz CT molecular complexity index is 599. The first kappa shape index (κ1) is 15.3. The summed E-state index contributed by atoms with van der Waals surface area (Å²) in [5.41, 5.74) is 7.02. The van der Waals surface area contributed by atoms with Crippen LogP contribution in [0.25, 0.3) is 0 Å². The molecule has 2 rings (SSSR count). The molecule has 1 unspecified atom stereocenters. The number of thioether (sulfide) groups is 1. The van der Waals surface area contributed by atoms with E-state index in [0.717, 1.165) is 5.56 Å². The Morgan fingerprint density at radius 2 is 1.52 bits per heavy atom. The van der Waals surface area contributed by atoms with Gasteiger partial charge in [0.05, 0.1) is 5.75 Å². The van der Waals surface area contributed by atoms with Gasteiger partial charge in [0, 0.05) is 17.2 Å². The molecule has 0 radical (unpaired) electrons. The molecule has 0 heterocycles. The third-order valence-corrected chi connectivity index (χ3v) is 4.34. The van der Waals surface area contributed by atoms with Crippen LogP contribution in [0.4, 0.5) is 0 Å². The fourth-order valence-corrected chi connectivity index (χ4v) is 3.16. The average molecular weight is 299 g/mol. The van der Waals surface area contributed by atoms with Crippen LogP contribution < -0.4 is 5.73 Å². The molecule has 21 heavy (non-hydrogen) atoms. The zero-order valence-corrected chi connectivity index (χ0v) is 12.4. The number of hydrogen-bond donors (Lipinski definition) is 1. The molecule has 0 fully saturated rings. The number of amides is 1. The van der Waals surface area contributed by atoms with Crippen LogP contribution in [0.5, 0.6) is 0 Å². The maximum absolute atomic E-state index is 12.1. The van der Waals surface area contributed by atoms with Gasteiger partial charge in [-0.1, -0.05) is 60.7 Å². The van der Waals surface area contributed by atoms with E-state index >= 15 is 0 Å². The molecule has 2 aromatic carbocycles. The summed E-state index contributed by atoms with van der Waals surface area (Å²) in [5.74, 6) is 0.0335. The van der Waals surface area contributed by atoms with Gasteiger partial charge in [0.15, 0.2) is 5.78 Å². The first-order chi connectivity index (χ1) is 10.2. The van der Waals surface area contributed by atoms with Crippen LogP contribution in [-0.4, -0.2) is 17.4 Å². The fourth-order valence-electron chi connectivity index (χ4n) is 2.01. The third kappa shape index (κ3) is 4.76. The predicted octanol–water partition coefficient (Wildman–Crippen LogP) is 3.22. The van der Waals surface area contributed by atoms with E-state index in [-0.39, 0.29) is 23.4 Å². The van der Waals surface area contributed by atoms with E-state index in [1.54, 1.807) is 12.1 Å². The highest BCUT2D eigenvalue weighted by atomic mass is 32.2. The van der Waals surface area contributed by atoms with Crippen molar-refractivity contribution in [2.75, 3.05) is 5.75 Å². The smallest absolute Gasteiger partial charge is 0.218 e. The molecule has 0 bridgehead atoms. The molecule has 0 saturated carbocycles. The van der Waals surface area contributed by atoms with Crippen LogP contribution in [0.3, 0.4) is 0 Å². The summed E-state index contributed by atoms with van der Waals surface area (Å²) in [5, 5.41) is -0.0867. The van der Waals surface area contributed by atoms with E-state index in [9.17, 15) is 9.59 Å². The molecular weight excluding hydrogens is 282 g/mol. The summed E-state index contributed by atoms with van der Waals surface area (Å²) in [6, 6.07) is 18.8. The Morgan fingerprint density at radius 1 is 0.952 bits per heavy atom. The first-order valence-corrected chi connectivity index (χ1v) is 7.75. The highest BCUT2D eigenvalue weighted by Gasteiger charge is 2.17. The second kappa shape index (κ2) is 7.64. The van der Waals surface area contributed by atoms with Crippen molar-refractivity contribution in [1.82, 2.24) is 0 Å². The highest BCUT2D eigenvalue weighted by molar-refractivity contribution is 8.00. The maximum atomic E-state index is 12.1. The molecule has 108 valence electrons. The highest BCUT2D eigenvalue weighted by Crippen LogP contribution is 2.32. The Labute approximate surface area is 128 Å². The van der Waals surface area contributed by atoms with Gasteiger partial charge in [-0.2, -0.15) is 0 Å². The molecule has 0 aromatic heterocycles. The number of hydrogen-bond acceptors (Lipinski definition) is 3. The van der Waals surface area contributed by atoms with Crippen molar-refractivity contribution >= 4 is 23.5 Å². The van der Waals surface area contributed by atoms with Gasteiger partial charge in [0.25, 0.3) is 0 Å². The average Bonchev–Trinajstić information content (AvgIpc) is 2.52. The minimum Gasteiger partial charge on any atom is -0.370 e. The van der Waals surface area contributed by atoms with Gasteiger partial charge in [-0.15, -0.1) is 11.8 Å². The third-order valence-electron chi connectivity index (χ3n) is 3.07.